The van der Waals surface area contributed by atoms with Gasteiger partial charge in [0.15, 0.2) is 0 Å². The number of hydrogen-bond acceptors (Lipinski definition) is 4. The zero-order chi connectivity index (χ0) is 14.4. The van der Waals surface area contributed by atoms with Crippen molar-refractivity contribution in [3.05, 3.63) is 16.1 Å². The van der Waals surface area contributed by atoms with Gasteiger partial charge in [-0.15, -0.1) is 11.3 Å². The van der Waals surface area contributed by atoms with Gasteiger partial charge in [-0.1, -0.05) is 33.1 Å². The van der Waals surface area contributed by atoms with Gasteiger partial charge < -0.3 is 10.1 Å². The first-order valence-electron chi connectivity index (χ1n) is 7.96. The molecule has 0 amide bonds. The largest absolute Gasteiger partial charge is 0.368 e. The average molecular weight is 296 g/mol. The smallest absolute Gasteiger partial charge is 0.125 e. The number of nitrogens with one attached hydrogen (secondary N) is 1. The van der Waals surface area contributed by atoms with E-state index in [-0.39, 0.29) is 5.60 Å². The molecule has 0 aliphatic heterocycles. The highest BCUT2D eigenvalue weighted by Gasteiger charge is 2.37. The van der Waals surface area contributed by atoms with Crippen LogP contribution in [0.5, 0.6) is 0 Å². The standard InChI is InChI=1S/C16H28N2OS/c1-4-19-16(8-6-5-7-9-16)15-18-12-14(20-15)11-17-10-13(2)3/h12-13,17H,4-11H2,1-3H3. The molecule has 1 saturated carbocycles. The molecule has 4 heteroatoms. The summed E-state index contributed by atoms with van der Waals surface area (Å²) in [5.74, 6) is 0.690. The summed E-state index contributed by atoms with van der Waals surface area (Å²) in [5.41, 5.74) is -0.0893. The summed E-state index contributed by atoms with van der Waals surface area (Å²) in [6.07, 6.45) is 8.16. The Morgan fingerprint density at radius 2 is 2.10 bits per heavy atom. The average Bonchev–Trinajstić information content (AvgIpc) is 2.89. The van der Waals surface area contributed by atoms with Crippen LogP contribution in [0.3, 0.4) is 0 Å². The van der Waals surface area contributed by atoms with Crippen LogP contribution >= 0.6 is 11.3 Å². The van der Waals surface area contributed by atoms with Gasteiger partial charge in [0, 0.05) is 24.2 Å². The first-order chi connectivity index (χ1) is 9.66. The second-order valence-electron chi connectivity index (χ2n) is 6.14. The van der Waals surface area contributed by atoms with Crippen molar-refractivity contribution in [2.75, 3.05) is 13.2 Å². The molecule has 1 aromatic rings. The van der Waals surface area contributed by atoms with E-state index in [0.29, 0.717) is 5.92 Å². The third kappa shape index (κ3) is 4.03. The minimum absolute atomic E-state index is 0.0893. The maximum Gasteiger partial charge on any atom is 0.125 e. The van der Waals surface area contributed by atoms with Gasteiger partial charge in [0.05, 0.1) is 0 Å². The Bertz CT molecular complexity index is 391. The van der Waals surface area contributed by atoms with Crippen molar-refractivity contribution in [1.29, 1.82) is 0 Å². The lowest BCUT2D eigenvalue weighted by Gasteiger charge is -2.35. The SMILES string of the molecule is CCOC1(c2ncc(CNCC(C)C)s2)CCCCC1. The van der Waals surface area contributed by atoms with Gasteiger partial charge in [0.2, 0.25) is 0 Å². The van der Waals surface area contributed by atoms with E-state index in [9.17, 15) is 0 Å². The van der Waals surface area contributed by atoms with E-state index in [1.807, 2.05) is 17.5 Å². The maximum absolute atomic E-state index is 6.14. The molecule has 0 aromatic carbocycles. The van der Waals surface area contributed by atoms with E-state index in [1.165, 1.54) is 29.1 Å². The van der Waals surface area contributed by atoms with Gasteiger partial charge in [0.1, 0.15) is 10.6 Å². The lowest BCUT2D eigenvalue weighted by molar-refractivity contribution is -0.0704. The number of hydrogen-bond donors (Lipinski definition) is 1. The fourth-order valence-electron chi connectivity index (χ4n) is 2.90. The van der Waals surface area contributed by atoms with Crippen LogP contribution in [0.25, 0.3) is 0 Å². The van der Waals surface area contributed by atoms with E-state index in [4.69, 9.17) is 4.74 Å². The highest BCUT2D eigenvalue weighted by Crippen LogP contribution is 2.42. The second-order valence-corrected chi connectivity index (χ2v) is 7.26. The zero-order valence-corrected chi connectivity index (χ0v) is 13.9. The van der Waals surface area contributed by atoms with Crippen LogP contribution in [0.4, 0.5) is 0 Å². The van der Waals surface area contributed by atoms with Crippen molar-refractivity contribution >= 4 is 11.3 Å². The normalized spacial score (nSPS) is 18.6. The monoisotopic (exact) mass is 296 g/mol. The molecule has 0 atom stereocenters. The van der Waals surface area contributed by atoms with Crippen molar-refractivity contribution in [3.63, 3.8) is 0 Å². The highest BCUT2D eigenvalue weighted by atomic mass is 32.1. The van der Waals surface area contributed by atoms with Crippen LogP contribution in [0, 0.1) is 5.92 Å². The summed E-state index contributed by atoms with van der Waals surface area (Å²) in [5, 5.41) is 4.69. The summed E-state index contributed by atoms with van der Waals surface area (Å²) >= 11 is 1.83. The molecule has 0 spiro atoms. The van der Waals surface area contributed by atoms with Crippen LogP contribution in [0.1, 0.15) is 62.8 Å². The van der Waals surface area contributed by atoms with Crippen molar-refractivity contribution in [2.45, 2.75) is 65.0 Å². The summed E-state index contributed by atoms with van der Waals surface area (Å²) in [7, 11) is 0. The van der Waals surface area contributed by atoms with E-state index in [1.54, 1.807) is 0 Å². The Labute approximate surface area is 127 Å². The molecule has 1 fully saturated rings. The molecule has 1 aliphatic rings. The van der Waals surface area contributed by atoms with Gasteiger partial charge in [0.25, 0.3) is 0 Å². The fraction of sp³-hybridized carbons (Fsp3) is 0.812. The van der Waals surface area contributed by atoms with Crippen LogP contribution in [0.15, 0.2) is 6.20 Å². The molecular formula is C16H28N2OS. The number of thiazole rings is 1. The lowest BCUT2D eigenvalue weighted by atomic mass is 9.85. The molecular weight excluding hydrogens is 268 g/mol. The molecule has 1 aromatic heterocycles. The predicted molar refractivity (Wildman–Crippen MR) is 85.0 cm³/mol. The lowest BCUT2D eigenvalue weighted by Crippen LogP contribution is -2.32. The molecule has 0 unspecified atom stereocenters. The Balaban J connectivity index is 2.01. The van der Waals surface area contributed by atoms with Gasteiger partial charge in [-0.25, -0.2) is 4.98 Å². The van der Waals surface area contributed by atoms with Gasteiger partial charge in [-0.3, -0.25) is 0 Å². The Morgan fingerprint density at radius 3 is 2.75 bits per heavy atom. The van der Waals surface area contributed by atoms with Gasteiger partial charge in [-0.05, 0) is 32.2 Å². The Hall–Kier alpha value is -0.450. The summed E-state index contributed by atoms with van der Waals surface area (Å²) in [6.45, 7) is 9.33. The van der Waals surface area contributed by atoms with Gasteiger partial charge in [-0.2, -0.15) is 0 Å². The van der Waals surface area contributed by atoms with Crippen molar-refractivity contribution in [3.8, 4) is 0 Å². The number of rotatable bonds is 7. The molecule has 2 rings (SSSR count). The van der Waals surface area contributed by atoms with Crippen molar-refractivity contribution < 1.29 is 4.74 Å². The quantitative estimate of drug-likeness (QED) is 0.823. The third-order valence-electron chi connectivity index (χ3n) is 3.88. The van der Waals surface area contributed by atoms with Crippen LogP contribution < -0.4 is 5.32 Å². The van der Waals surface area contributed by atoms with E-state index < -0.39 is 0 Å². The second kappa shape index (κ2) is 7.53. The fourth-order valence-corrected chi connectivity index (χ4v) is 3.99. The third-order valence-corrected chi connectivity index (χ3v) is 5.06. The molecule has 1 N–H and O–H groups in total. The molecule has 0 bridgehead atoms. The van der Waals surface area contributed by atoms with Crippen molar-refractivity contribution in [1.82, 2.24) is 10.3 Å². The molecule has 0 radical (unpaired) electrons. The van der Waals surface area contributed by atoms with Crippen LogP contribution in [-0.2, 0) is 16.9 Å². The number of aromatic nitrogens is 1. The van der Waals surface area contributed by atoms with Crippen LogP contribution in [0.2, 0.25) is 0 Å². The van der Waals surface area contributed by atoms with E-state index >= 15 is 0 Å². The first kappa shape index (κ1) is 15.9. The summed E-state index contributed by atoms with van der Waals surface area (Å²) in [6, 6.07) is 0. The molecule has 1 heterocycles. The Morgan fingerprint density at radius 1 is 1.35 bits per heavy atom. The molecule has 114 valence electrons. The highest BCUT2D eigenvalue weighted by molar-refractivity contribution is 7.11. The molecule has 0 saturated heterocycles. The minimum atomic E-state index is -0.0893. The molecule has 1 aliphatic carbocycles. The van der Waals surface area contributed by atoms with Crippen molar-refractivity contribution in [2.24, 2.45) is 5.92 Å². The number of nitrogens with zero attached hydrogens (tertiary/aromatic N) is 1. The number of ether oxygens (including phenoxy) is 1. The summed E-state index contributed by atoms with van der Waals surface area (Å²) < 4.78 is 6.14. The maximum atomic E-state index is 6.14. The van der Waals surface area contributed by atoms with Gasteiger partial charge >= 0.3 is 0 Å². The minimum Gasteiger partial charge on any atom is -0.368 e. The molecule has 20 heavy (non-hydrogen) atoms. The predicted octanol–water partition coefficient (Wildman–Crippen LogP) is 4.08. The van der Waals surface area contributed by atoms with Crippen LogP contribution in [-0.4, -0.2) is 18.1 Å². The van der Waals surface area contributed by atoms with E-state index in [0.717, 1.165) is 32.5 Å². The Kier molecular flexibility index (Phi) is 6.00. The topological polar surface area (TPSA) is 34.1 Å². The summed E-state index contributed by atoms with van der Waals surface area (Å²) in [4.78, 5) is 6.01. The molecule has 3 nitrogen and oxygen atoms in total. The van der Waals surface area contributed by atoms with E-state index in [2.05, 4.69) is 31.1 Å². The zero-order valence-electron chi connectivity index (χ0n) is 13.1. The first-order valence-corrected chi connectivity index (χ1v) is 8.78.